The van der Waals surface area contributed by atoms with Gasteiger partial charge in [0.25, 0.3) is 0 Å². The Bertz CT molecular complexity index is 209. The van der Waals surface area contributed by atoms with Gasteiger partial charge in [-0.2, -0.15) is 0 Å². The Morgan fingerprint density at radius 1 is 0.542 bits per heavy atom. The molecule has 0 aliphatic heterocycles. The van der Waals surface area contributed by atoms with Crippen molar-refractivity contribution in [1.29, 1.82) is 0 Å². The third-order valence-electron chi connectivity index (χ3n) is 4.04. The van der Waals surface area contributed by atoms with Crippen LogP contribution in [0.5, 0.6) is 0 Å². The molecule has 0 aromatic rings. The Morgan fingerprint density at radius 3 is 1.17 bits per heavy atom. The highest BCUT2D eigenvalue weighted by atomic mass is 28.2. The fourth-order valence-electron chi connectivity index (χ4n) is 2.86. The summed E-state index contributed by atoms with van der Waals surface area (Å²) in [7, 11) is 0.168. The summed E-state index contributed by atoms with van der Waals surface area (Å²) in [6.07, 6.45) is 5.16. The van der Waals surface area contributed by atoms with Crippen LogP contribution < -0.4 is 0 Å². The van der Waals surface area contributed by atoms with Gasteiger partial charge in [-0.1, -0.05) is 37.0 Å². The van der Waals surface area contributed by atoms with E-state index in [0.29, 0.717) is 0 Å². The second kappa shape index (κ2) is 19.6. The summed E-state index contributed by atoms with van der Waals surface area (Å²) in [4.78, 5) is 0. The van der Waals surface area contributed by atoms with Crippen molar-refractivity contribution >= 4 is 19.0 Å². The van der Waals surface area contributed by atoms with Crippen LogP contribution in [0.15, 0.2) is 0 Å². The van der Waals surface area contributed by atoms with Gasteiger partial charge in [0.15, 0.2) is 12.6 Å². The molecule has 0 spiro atoms. The molecule has 0 aromatic carbocycles. The first-order valence-electron chi connectivity index (χ1n) is 10.2. The second-order valence-corrected chi connectivity index (χ2v) is 10.3. The Balaban J connectivity index is 3.38. The molecule has 0 amide bonds. The maximum Gasteiger partial charge on any atom is 0.157 e. The molecule has 0 saturated heterocycles. The zero-order valence-corrected chi connectivity index (χ0v) is 19.5. The van der Waals surface area contributed by atoms with Crippen molar-refractivity contribution in [2.45, 2.75) is 90.1 Å². The molecule has 0 N–H and O–H groups in total. The van der Waals surface area contributed by atoms with Crippen molar-refractivity contribution in [1.82, 2.24) is 0 Å². The molecule has 0 bridgehead atoms. The lowest BCUT2D eigenvalue weighted by atomic mass is 10.4. The molecule has 0 unspecified atom stereocenters. The number of hydrogen-bond acceptors (Lipinski definition) is 4. The van der Waals surface area contributed by atoms with Gasteiger partial charge >= 0.3 is 0 Å². The smallest absolute Gasteiger partial charge is 0.157 e. The summed E-state index contributed by atoms with van der Waals surface area (Å²) < 4.78 is 22.4. The topological polar surface area (TPSA) is 36.9 Å². The van der Waals surface area contributed by atoms with E-state index in [9.17, 15) is 0 Å². The van der Waals surface area contributed by atoms with E-state index in [0.717, 1.165) is 39.3 Å². The molecule has 0 fully saturated rings. The number of rotatable bonds is 19. The number of ether oxygens (including phenoxy) is 4. The average Bonchev–Trinajstić information content (AvgIpc) is 2.57. The van der Waals surface area contributed by atoms with E-state index in [1.807, 2.05) is 27.7 Å². The highest BCUT2D eigenvalue weighted by Gasteiger charge is 2.08. The summed E-state index contributed by atoms with van der Waals surface area (Å²) in [6.45, 7) is 11.2. The Labute approximate surface area is 155 Å². The van der Waals surface area contributed by atoms with Gasteiger partial charge in [0.05, 0.1) is 0 Å². The predicted molar refractivity (Wildman–Crippen MR) is 109 cm³/mol. The average molecular weight is 379 g/mol. The van der Waals surface area contributed by atoms with Crippen LogP contribution in [0, 0.1) is 0 Å². The molecule has 0 atom stereocenters. The Kier molecular flexibility index (Phi) is 19.8. The van der Waals surface area contributed by atoms with Crippen molar-refractivity contribution in [2.75, 3.05) is 26.4 Å². The van der Waals surface area contributed by atoms with E-state index < -0.39 is 0 Å². The molecule has 6 heteroatoms. The zero-order chi connectivity index (χ0) is 17.9. The molecule has 0 aromatic heterocycles. The third-order valence-corrected chi connectivity index (χ3v) is 7.86. The van der Waals surface area contributed by atoms with Gasteiger partial charge in [-0.05, 0) is 40.5 Å². The quantitative estimate of drug-likeness (QED) is 0.196. The second-order valence-electron chi connectivity index (χ2n) is 6.09. The minimum atomic E-state index is 0.0449. The van der Waals surface area contributed by atoms with E-state index >= 15 is 0 Å². The minimum absolute atomic E-state index is 0.0449. The van der Waals surface area contributed by atoms with Gasteiger partial charge in [-0.15, -0.1) is 0 Å². The maximum absolute atomic E-state index is 5.59. The van der Waals surface area contributed by atoms with Gasteiger partial charge in [-0.25, -0.2) is 0 Å². The highest BCUT2D eigenvalue weighted by molar-refractivity contribution is 6.36. The summed E-state index contributed by atoms with van der Waals surface area (Å²) in [6, 6.07) is 5.68. The largest absolute Gasteiger partial charge is 0.353 e. The van der Waals surface area contributed by atoms with E-state index in [-0.39, 0.29) is 31.6 Å². The summed E-state index contributed by atoms with van der Waals surface area (Å²) in [5.41, 5.74) is 0. The fourth-order valence-corrected chi connectivity index (χ4v) is 6.22. The molecule has 4 nitrogen and oxygen atoms in total. The van der Waals surface area contributed by atoms with E-state index in [4.69, 9.17) is 18.9 Å². The first-order chi connectivity index (χ1) is 11.8. The van der Waals surface area contributed by atoms with Gasteiger partial charge < -0.3 is 18.9 Å². The van der Waals surface area contributed by atoms with Crippen LogP contribution in [0.3, 0.4) is 0 Å². The molecule has 0 heterocycles. The third kappa shape index (κ3) is 15.8. The molecule has 0 rings (SSSR count). The predicted octanol–water partition coefficient (Wildman–Crippen LogP) is 3.36. The van der Waals surface area contributed by atoms with E-state index in [1.54, 1.807) is 0 Å². The monoisotopic (exact) mass is 378 g/mol. The van der Waals surface area contributed by atoms with Crippen molar-refractivity contribution in [3.05, 3.63) is 0 Å². The zero-order valence-electron chi connectivity index (χ0n) is 16.7. The summed E-state index contributed by atoms with van der Waals surface area (Å²) in [5.74, 6) is 0. The number of hydrogen-bond donors (Lipinski definition) is 0. The van der Waals surface area contributed by atoms with Crippen LogP contribution in [0.2, 0.25) is 24.2 Å². The van der Waals surface area contributed by atoms with E-state index in [1.165, 1.54) is 37.0 Å². The first kappa shape index (κ1) is 24.3. The van der Waals surface area contributed by atoms with Crippen LogP contribution in [0.4, 0.5) is 0 Å². The molecule has 0 radical (unpaired) electrons. The molecule has 24 heavy (non-hydrogen) atoms. The highest BCUT2D eigenvalue weighted by Crippen LogP contribution is 2.10. The molecule has 146 valence electrons. The molecular formula is C18H42O4Si2. The first-order valence-corrected chi connectivity index (χ1v) is 14.2. The minimum Gasteiger partial charge on any atom is -0.353 e. The lowest BCUT2D eigenvalue weighted by Crippen LogP contribution is -2.17. The SMILES string of the molecule is CCOC(CC[SiH2]CCCC[SiH2]CCC(OCC)OCC)OCC. The summed E-state index contributed by atoms with van der Waals surface area (Å²) in [5, 5.41) is 0. The molecule has 0 aliphatic carbocycles. The Morgan fingerprint density at radius 2 is 0.875 bits per heavy atom. The number of unbranched alkanes of at least 4 members (excludes halogenated alkanes) is 1. The van der Waals surface area contributed by atoms with Crippen LogP contribution in [-0.4, -0.2) is 58.0 Å². The van der Waals surface area contributed by atoms with Crippen molar-refractivity contribution in [2.24, 2.45) is 0 Å². The van der Waals surface area contributed by atoms with Gasteiger partial charge in [0.2, 0.25) is 0 Å². The molecule has 0 aliphatic rings. The lowest BCUT2D eigenvalue weighted by Gasteiger charge is -2.16. The van der Waals surface area contributed by atoms with Gasteiger partial charge in [0.1, 0.15) is 0 Å². The molecule has 0 saturated carbocycles. The normalized spacial score (nSPS) is 12.8. The van der Waals surface area contributed by atoms with Crippen LogP contribution in [0.25, 0.3) is 0 Å². The molecular weight excluding hydrogens is 336 g/mol. The van der Waals surface area contributed by atoms with Crippen molar-refractivity contribution in [3.63, 3.8) is 0 Å². The van der Waals surface area contributed by atoms with Crippen molar-refractivity contribution < 1.29 is 18.9 Å². The van der Waals surface area contributed by atoms with Gasteiger partial charge in [-0.3, -0.25) is 0 Å². The maximum atomic E-state index is 5.59. The van der Waals surface area contributed by atoms with E-state index in [2.05, 4.69) is 0 Å². The van der Waals surface area contributed by atoms with Crippen LogP contribution in [-0.2, 0) is 18.9 Å². The standard InChI is InChI=1S/C18H42O4Si2/c1-5-19-17(20-6-2)11-15-23-13-9-10-14-24-16-12-18(21-7-3)22-8-4/h17-18H,5-16,23-24H2,1-4H3. The van der Waals surface area contributed by atoms with Crippen LogP contribution >= 0.6 is 0 Å². The van der Waals surface area contributed by atoms with Crippen LogP contribution in [0.1, 0.15) is 53.4 Å². The fraction of sp³-hybridized carbons (Fsp3) is 1.00. The van der Waals surface area contributed by atoms with Crippen molar-refractivity contribution in [3.8, 4) is 0 Å². The lowest BCUT2D eigenvalue weighted by molar-refractivity contribution is -0.137. The van der Waals surface area contributed by atoms with Gasteiger partial charge in [0, 0.05) is 45.5 Å². The summed E-state index contributed by atoms with van der Waals surface area (Å²) >= 11 is 0. The Hall–Kier alpha value is 0.274.